The van der Waals surface area contributed by atoms with Gasteiger partial charge in [-0.3, -0.25) is 0 Å². The van der Waals surface area contributed by atoms with Gasteiger partial charge in [-0.1, -0.05) is 54.6 Å². The van der Waals surface area contributed by atoms with Crippen molar-refractivity contribution in [1.82, 2.24) is 0 Å². The highest BCUT2D eigenvalue weighted by Gasteiger charge is 2.07. The van der Waals surface area contributed by atoms with Gasteiger partial charge in [0.2, 0.25) is 0 Å². The van der Waals surface area contributed by atoms with Gasteiger partial charge in [0.1, 0.15) is 17.2 Å². The van der Waals surface area contributed by atoms with Crippen LogP contribution in [0, 0.1) is 0 Å². The van der Waals surface area contributed by atoms with Crippen LogP contribution < -0.4 is 14.2 Å². The van der Waals surface area contributed by atoms with E-state index in [1.807, 2.05) is 91.0 Å². The minimum absolute atomic E-state index is 0.301. The fraction of sp³-hybridized carbons (Fsp3) is 0.235. The van der Waals surface area contributed by atoms with E-state index < -0.39 is 17.9 Å². The summed E-state index contributed by atoms with van der Waals surface area (Å²) in [6.45, 7) is 13.1. The molecule has 6 aromatic carbocycles. The molecule has 9 heteroatoms. The number of fused-ring (bicyclic) bond motifs is 3. The number of allylic oxidation sites excluding steroid dienone is 3. The minimum Gasteiger partial charge on any atom is -0.494 e. The normalized spacial score (nSPS) is 10.4. The number of benzene rings is 6. The van der Waals surface area contributed by atoms with Gasteiger partial charge in [0.05, 0.1) is 36.5 Å². The highest BCUT2D eigenvalue weighted by Crippen LogP contribution is 2.25. The first kappa shape index (κ1) is 45.8. The Hall–Kier alpha value is -6.87. The van der Waals surface area contributed by atoms with Gasteiger partial charge in [-0.2, -0.15) is 0 Å². The molecule has 0 unspecified atom stereocenters. The van der Waals surface area contributed by atoms with Gasteiger partial charge in [0.15, 0.2) is 0 Å². The van der Waals surface area contributed by atoms with Crippen LogP contribution in [0.1, 0.15) is 88.9 Å². The molecule has 0 aliphatic rings. The monoisotopic (exact) mass is 810 g/mol. The Kier molecular flexibility index (Phi) is 18.9. The summed E-state index contributed by atoms with van der Waals surface area (Å²) >= 11 is 0. The number of carboxylic acids is 3. The van der Waals surface area contributed by atoms with Crippen LogP contribution in [0.3, 0.4) is 0 Å². The molecule has 0 atom stereocenters. The van der Waals surface area contributed by atoms with Crippen LogP contribution in [0.5, 0.6) is 17.2 Å². The summed E-state index contributed by atoms with van der Waals surface area (Å²) in [6, 6.07) is 32.4. The molecule has 60 heavy (non-hydrogen) atoms. The van der Waals surface area contributed by atoms with Crippen LogP contribution in [0.25, 0.3) is 32.3 Å². The van der Waals surface area contributed by atoms with Gasteiger partial charge in [-0.05, 0) is 163 Å². The molecule has 0 spiro atoms. The molecule has 0 bridgehead atoms. The summed E-state index contributed by atoms with van der Waals surface area (Å²) in [5.74, 6) is -0.268. The number of rotatable bonds is 21. The lowest BCUT2D eigenvalue weighted by atomic mass is 10.1. The molecule has 0 fully saturated rings. The van der Waals surface area contributed by atoms with Crippen LogP contribution in [0.15, 0.2) is 147 Å². The molecule has 3 N–H and O–H groups in total. The number of ether oxygens (including phenoxy) is 3. The Morgan fingerprint density at radius 1 is 0.383 bits per heavy atom. The third-order valence-corrected chi connectivity index (χ3v) is 9.39. The molecule has 6 aromatic rings. The highest BCUT2D eigenvalue weighted by molar-refractivity contribution is 5.96. The van der Waals surface area contributed by atoms with E-state index in [1.54, 1.807) is 36.4 Å². The lowest BCUT2D eigenvalue weighted by Gasteiger charge is -2.07. The Morgan fingerprint density at radius 3 is 0.883 bits per heavy atom. The summed E-state index contributed by atoms with van der Waals surface area (Å²) < 4.78 is 17.1. The number of carboxylic acid groups (broad SMARTS) is 3. The lowest BCUT2D eigenvalue weighted by Crippen LogP contribution is -1.97. The van der Waals surface area contributed by atoms with Crippen molar-refractivity contribution >= 4 is 50.2 Å². The fourth-order valence-corrected chi connectivity index (χ4v) is 6.08. The van der Waals surface area contributed by atoms with E-state index >= 15 is 0 Å². The van der Waals surface area contributed by atoms with Gasteiger partial charge < -0.3 is 29.5 Å². The van der Waals surface area contributed by atoms with Gasteiger partial charge in [-0.25, -0.2) is 14.4 Å². The number of carbonyl (C=O) groups is 3. The Bertz CT molecular complexity index is 2110. The van der Waals surface area contributed by atoms with E-state index in [0.717, 1.165) is 107 Å². The van der Waals surface area contributed by atoms with E-state index in [4.69, 9.17) is 29.5 Å². The van der Waals surface area contributed by atoms with Crippen molar-refractivity contribution in [3.63, 3.8) is 0 Å². The average molecular weight is 811 g/mol. The van der Waals surface area contributed by atoms with Crippen molar-refractivity contribution in [2.45, 2.75) is 57.8 Å². The largest absolute Gasteiger partial charge is 0.494 e. The third-order valence-electron chi connectivity index (χ3n) is 9.39. The second-order valence-corrected chi connectivity index (χ2v) is 14.0. The van der Waals surface area contributed by atoms with E-state index in [2.05, 4.69) is 19.7 Å². The highest BCUT2D eigenvalue weighted by atomic mass is 16.5. The molecule has 0 saturated heterocycles. The predicted octanol–water partition coefficient (Wildman–Crippen LogP) is 12.8. The minimum atomic E-state index is -0.908. The molecule has 9 nitrogen and oxygen atoms in total. The van der Waals surface area contributed by atoms with E-state index in [-0.39, 0.29) is 0 Å². The standard InChI is InChI=1S/3C17H18O3/c3*1-2-3-4-5-10-20-16-9-8-13-11-15(17(18)19)7-6-14(13)12-16/h3*2,6-9,11-12H,1,3-5,10H2,(H,18,19). The van der Waals surface area contributed by atoms with Crippen LogP contribution in [-0.2, 0) is 0 Å². The molecule has 0 radical (unpaired) electrons. The Labute approximate surface area is 351 Å². The maximum Gasteiger partial charge on any atom is 0.335 e. The lowest BCUT2D eigenvalue weighted by molar-refractivity contribution is 0.0686. The maximum atomic E-state index is 10.9. The Balaban J connectivity index is 0.000000198. The molecular formula is C51H54O9. The quantitative estimate of drug-likeness (QED) is 0.0479. The number of hydrogen-bond donors (Lipinski definition) is 3. The number of aromatic carboxylic acids is 3. The topological polar surface area (TPSA) is 140 Å². The van der Waals surface area contributed by atoms with Crippen molar-refractivity contribution in [3.05, 3.63) is 164 Å². The SMILES string of the molecule is C=CCCCCOc1ccc2cc(C(=O)O)ccc2c1.C=CCCCCOc1ccc2cc(C(=O)O)ccc2c1.C=CCCCCOc1ccc2cc(C(=O)O)ccc2c1. The summed E-state index contributed by atoms with van der Waals surface area (Å²) in [5.41, 5.74) is 0.904. The molecule has 0 aliphatic carbocycles. The fourth-order valence-electron chi connectivity index (χ4n) is 6.08. The second kappa shape index (κ2) is 24.8. The second-order valence-electron chi connectivity index (χ2n) is 14.0. The van der Waals surface area contributed by atoms with E-state index in [1.165, 1.54) is 0 Å². The summed E-state index contributed by atoms with van der Waals surface area (Å²) in [4.78, 5) is 32.7. The molecule has 0 heterocycles. The molecular weight excluding hydrogens is 757 g/mol. The molecule has 0 aromatic heterocycles. The van der Waals surface area contributed by atoms with Gasteiger partial charge in [0.25, 0.3) is 0 Å². The first-order valence-corrected chi connectivity index (χ1v) is 20.1. The van der Waals surface area contributed by atoms with Crippen molar-refractivity contribution in [3.8, 4) is 17.2 Å². The van der Waals surface area contributed by atoms with Gasteiger partial charge >= 0.3 is 17.9 Å². The first-order chi connectivity index (χ1) is 29.1. The smallest absolute Gasteiger partial charge is 0.335 e. The van der Waals surface area contributed by atoms with Crippen molar-refractivity contribution < 1.29 is 43.9 Å². The van der Waals surface area contributed by atoms with E-state index in [9.17, 15) is 14.4 Å². The van der Waals surface area contributed by atoms with Gasteiger partial charge in [-0.15, -0.1) is 19.7 Å². The van der Waals surface area contributed by atoms with Crippen molar-refractivity contribution in [1.29, 1.82) is 0 Å². The number of hydrogen-bond acceptors (Lipinski definition) is 6. The van der Waals surface area contributed by atoms with E-state index in [0.29, 0.717) is 36.5 Å². The Morgan fingerprint density at radius 2 is 0.633 bits per heavy atom. The zero-order valence-corrected chi connectivity index (χ0v) is 34.0. The summed E-state index contributed by atoms with van der Waals surface area (Å²) in [5, 5.41) is 32.5. The maximum absolute atomic E-state index is 10.9. The zero-order valence-electron chi connectivity index (χ0n) is 34.0. The van der Waals surface area contributed by atoms with Crippen LogP contribution in [-0.4, -0.2) is 53.0 Å². The predicted molar refractivity (Wildman–Crippen MR) is 241 cm³/mol. The zero-order chi connectivity index (χ0) is 43.1. The van der Waals surface area contributed by atoms with Crippen LogP contribution in [0.2, 0.25) is 0 Å². The number of unbranched alkanes of at least 4 members (excludes halogenated alkanes) is 6. The molecule has 0 saturated carbocycles. The van der Waals surface area contributed by atoms with Crippen LogP contribution in [0.4, 0.5) is 0 Å². The summed E-state index contributed by atoms with van der Waals surface area (Å²) in [6.07, 6.45) is 15.0. The molecule has 0 aliphatic heterocycles. The molecule has 312 valence electrons. The third kappa shape index (κ3) is 15.1. The average Bonchev–Trinajstić information content (AvgIpc) is 3.25. The first-order valence-electron chi connectivity index (χ1n) is 20.1. The van der Waals surface area contributed by atoms with Crippen molar-refractivity contribution in [2.24, 2.45) is 0 Å². The van der Waals surface area contributed by atoms with Gasteiger partial charge in [0, 0.05) is 0 Å². The van der Waals surface area contributed by atoms with Crippen molar-refractivity contribution in [2.75, 3.05) is 19.8 Å². The molecule has 0 amide bonds. The summed E-state index contributed by atoms with van der Waals surface area (Å²) in [7, 11) is 0. The van der Waals surface area contributed by atoms with Crippen LogP contribution >= 0.6 is 0 Å². The molecule has 6 rings (SSSR count).